The summed E-state index contributed by atoms with van der Waals surface area (Å²) in [6.45, 7) is 4.70. The average Bonchev–Trinajstić information content (AvgIpc) is 2.50. The van der Waals surface area contributed by atoms with Gasteiger partial charge in [-0.1, -0.05) is 41.4 Å². The molecule has 3 nitrogen and oxygen atoms in total. The lowest BCUT2D eigenvalue weighted by molar-refractivity contribution is -0.143. The molecule has 2 rings (SSSR count). The summed E-state index contributed by atoms with van der Waals surface area (Å²) >= 11 is 3.44. The van der Waals surface area contributed by atoms with Crippen LogP contribution in [-0.4, -0.2) is 30.9 Å². The number of amides is 1. The predicted octanol–water partition coefficient (Wildman–Crippen LogP) is 3.58. The fourth-order valence-electron chi connectivity index (χ4n) is 3.29. The summed E-state index contributed by atoms with van der Waals surface area (Å²) in [7, 11) is 1.93. The molecule has 1 saturated heterocycles. The van der Waals surface area contributed by atoms with Crippen molar-refractivity contribution in [1.29, 1.82) is 0 Å². The Morgan fingerprint density at radius 3 is 2.67 bits per heavy atom. The van der Waals surface area contributed by atoms with E-state index >= 15 is 0 Å². The lowest BCUT2D eigenvalue weighted by Crippen LogP contribution is -2.50. The topological polar surface area (TPSA) is 32.3 Å². The highest BCUT2D eigenvalue weighted by molar-refractivity contribution is 9.10. The number of halogens is 1. The monoisotopic (exact) mass is 352 g/mol. The standard InChI is InChI=1S/C17H25BrN2O/c1-3-9-17(10-4-11-19-13-17)16(21)20(2)12-14-5-7-15(18)8-6-14/h5-8,19H,3-4,9-13H2,1-2H3. The fraction of sp³-hybridized carbons (Fsp3) is 0.588. The molecule has 1 aromatic rings. The molecule has 1 aliphatic rings. The van der Waals surface area contributed by atoms with Gasteiger partial charge in [-0.15, -0.1) is 0 Å². The van der Waals surface area contributed by atoms with E-state index < -0.39 is 0 Å². The van der Waals surface area contributed by atoms with Crippen molar-refractivity contribution in [2.75, 3.05) is 20.1 Å². The molecule has 0 radical (unpaired) electrons. The molecule has 0 spiro atoms. The van der Waals surface area contributed by atoms with Crippen LogP contribution in [0.15, 0.2) is 28.7 Å². The maximum atomic E-state index is 13.0. The van der Waals surface area contributed by atoms with Gasteiger partial charge >= 0.3 is 0 Å². The molecule has 1 amide bonds. The Kier molecular flexibility index (Phi) is 5.82. The first-order valence-corrected chi connectivity index (χ1v) is 8.57. The van der Waals surface area contributed by atoms with Crippen LogP contribution < -0.4 is 5.32 Å². The molecule has 1 fully saturated rings. The highest BCUT2D eigenvalue weighted by atomic mass is 79.9. The van der Waals surface area contributed by atoms with Crippen LogP contribution in [0.1, 0.15) is 38.2 Å². The lowest BCUT2D eigenvalue weighted by atomic mass is 9.75. The van der Waals surface area contributed by atoms with Crippen molar-refractivity contribution >= 4 is 21.8 Å². The molecule has 1 aromatic carbocycles. The number of nitrogens with zero attached hydrogens (tertiary/aromatic N) is 1. The van der Waals surface area contributed by atoms with Gasteiger partial charge in [0.2, 0.25) is 5.91 Å². The number of benzene rings is 1. The van der Waals surface area contributed by atoms with Crippen LogP contribution in [0, 0.1) is 5.41 Å². The summed E-state index contributed by atoms with van der Waals surface area (Å²) in [6.07, 6.45) is 4.14. The maximum absolute atomic E-state index is 13.0. The van der Waals surface area contributed by atoms with Gasteiger partial charge in [-0.05, 0) is 43.5 Å². The lowest BCUT2D eigenvalue weighted by Gasteiger charge is -2.39. The van der Waals surface area contributed by atoms with Crippen molar-refractivity contribution in [3.8, 4) is 0 Å². The third-order valence-electron chi connectivity index (χ3n) is 4.33. The molecule has 1 N–H and O–H groups in total. The number of carbonyl (C=O) groups excluding carboxylic acids is 1. The first-order chi connectivity index (χ1) is 10.1. The Morgan fingerprint density at radius 1 is 1.38 bits per heavy atom. The van der Waals surface area contributed by atoms with Gasteiger partial charge in [0.1, 0.15) is 0 Å². The van der Waals surface area contributed by atoms with E-state index in [0.717, 1.165) is 43.2 Å². The van der Waals surface area contributed by atoms with E-state index in [4.69, 9.17) is 0 Å². The minimum atomic E-state index is -0.197. The summed E-state index contributed by atoms with van der Waals surface area (Å²) in [6, 6.07) is 8.19. The summed E-state index contributed by atoms with van der Waals surface area (Å²) in [5.74, 6) is 0.291. The zero-order valence-electron chi connectivity index (χ0n) is 13.0. The molecular formula is C17H25BrN2O. The zero-order chi connectivity index (χ0) is 15.3. The van der Waals surface area contributed by atoms with Gasteiger partial charge in [-0.3, -0.25) is 4.79 Å². The normalized spacial score (nSPS) is 22.0. The van der Waals surface area contributed by atoms with Crippen molar-refractivity contribution in [3.05, 3.63) is 34.3 Å². The van der Waals surface area contributed by atoms with E-state index in [-0.39, 0.29) is 5.41 Å². The van der Waals surface area contributed by atoms with Crippen LogP contribution in [-0.2, 0) is 11.3 Å². The molecule has 21 heavy (non-hydrogen) atoms. The largest absolute Gasteiger partial charge is 0.341 e. The van der Waals surface area contributed by atoms with Gasteiger partial charge in [-0.2, -0.15) is 0 Å². The van der Waals surface area contributed by atoms with Crippen LogP contribution in [0.25, 0.3) is 0 Å². The number of rotatable bonds is 5. The average molecular weight is 353 g/mol. The van der Waals surface area contributed by atoms with Crippen molar-refractivity contribution in [3.63, 3.8) is 0 Å². The molecule has 0 aliphatic carbocycles. The first kappa shape index (κ1) is 16.5. The summed E-state index contributed by atoms with van der Waals surface area (Å²) in [5.41, 5.74) is 0.973. The maximum Gasteiger partial charge on any atom is 0.230 e. The van der Waals surface area contributed by atoms with Gasteiger partial charge in [0.15, 0.2) is 0 Å². The van der Waals surface area contributed by atoms with Crippen LogP contribution in [0.2, 0.25) is 0 Å². The number of carbonyl (C=O) groups is 1. The Morgan fingerprint density at radius 2 is 2.10 bits per heavy atom. The third kappa shape index (κ3) is 4.07. The van der Waals surface area contributed by atoms with Crippen molar-refractivity contribution in [1.82, 2.24) is 10.2 Å². The Hall–Kier alpha value is -0.870. The van der Waals surface area contributed by atoms with Gasteiger partial charge in [0, 0.05) is 24.6 Å². The minimum Gasteiger partial charge on any atom is -0.341 e. The fourth-order valence-corrected chi connectivity index (χ4v) is 3.55. The molecule has 1 unspecified atom stereocenters. The molecule has 1 aliphatic heterocycles. The highest BCUT2D eigenvalue weighted by Gasteiger charge is 2.40. The van der Waals surface area contributed by atoms with Crippen LogP contribution in [0.5, 0.6) is 0 Å². The zero-order valence-corrected chi connectivity index (χ0v) is 14.6. The smallest absolute Gasteiger partial charge is 0.230 e. The second kappa shape index (κ2) is 7.41. The predicted molar refractivity (Wildman–Crippen MR) is 90.1 cm³/mol. The molecule has 1 atom stereocenters. The van der Waals surface area contributed by atoms with E-state index in [0.29, 0.717) is 12.5 Å². The Labute approximate surface area is 136 Å². The van der Waals surface area contributed by atoms with Gasteiger partial charge < -0.3 is 10.2 Å². The SMILES string of the molecule is CCCC1(C(=O)N(C)Cc2ccc(Br)cc2)CCCNC1. The molecule has 116 valence electrons. The Bertz CT molecular complexity index is 461. The number of hydrogen-bond acceptors (Lipinski definition) is 2. The second-order valence-electron chi connectivity index (χ2n) is 6.10. The van der Waals surface area contributed by atoms with Gasteiger partial charge in [0.05, 0.1) is 5.41 Å². The molecule has 1 heterocycles. The second-order valence-corrected chi connectivity index (χ2v) is 7.01. The molecule has 0 saturated carbocycles. The Balaban J connectivity index is 2.07. The van der Waals surface area contributed by atoms with Crippen molar-refractivity contribution in [2.45, 2.75) is 39.2 Å². The van der Waals surface area contributed by atoms with E-state index in [9.17, 15) is 4.79 Å². The van der Waals surface area contributed by atoms with E-state index in [1.165, 1.54) is 5.56 Å². The molecule has 0 aromatic heterocycles. The highest BCUT2D eigenvalue weighted by Crippen LogP contribution is 2.34. The third-order valence-corrected chi connectivity index (χ3v) is 4.86. The molecular weight excluding hydrogens is 328 g/mol. The summed E-state index contributed by atoms with van der Waals surface area (Å²) < 4.78 is 1.07. The van der Waals surface area contributed by atoms with Crippen LogP contribution in [0.3, 0.4) is 0 Å². The van der Waals surface area contributed by atoms with Gasteiger partial charge in [0.25, 0.3) is 0 Å². The van der Waals surface area contributed by atoms with Crippen molar-refractivity contribution < 1.29 is 4.79 Å². The van der Waals surface area contributed by atoms with Gasteiger partial charge in [-0.25, -0.2) is 0 Å². The van der Waals surface area contributed by atoms with E-state index in [1.807, 2.05) is 24.1 Å². The molecule has 0 bridgehead atoms. The van der Waals surface area contributed by atoms with E-state index in [2.05, 4.69) is 40.3 Å². The summed E-state index contributed by atoms with van der Waals surface area (Å²) in [5, 5.41) is 3.41. The minimum absolute atomic E-state index is 0.197. The van der Waals surface area contributed by atoms with Crippen LogP contribution >= 0.6 is 15.9 Å². The first-order valence-electron chi connectivity index (χ1n) is 7.78. The van der Waals surface area contributed by atoms with Crippen LogP contribution in [0.4, 0.5) is 0 Å². The van der Waals surface area contributed by atoms with E-state index in [1.54, 1.807) is 0 Å². The summed E-state index contributed by atoms with van der Waals surface area (Å²) in [4.78, 5) is 14.9. The number of piperidine rings is 1. The quantitative estimate of drug-likeness (QED) is 0.878. The molecule has 4 heteroatoms. The number of hydrogen-bond donors (Lipinski definition) is 1. The van der Waals surface area contributed by atoms with Crippen molar-refractivity contribution in [2.24, 2.45) is 5.41 Å². The number of nitrogens with one attached hydrogen (secondary N) is 1.